The first-order chi connectivity index (χ1) is 6.29. The zero-order valence-corrected chi connectivity index (χ0v) is 7.74. The maximum absolute atomic E-state index is 8.41. The minimum Gasteiger partial charge on any atom is -0.388 e. The molecule has 0 amide bonds. The third-order valence-electron chi connectivity index (χ3n) is 1.83. The summed E-state index contributed by atoms with van der Waals surface area (Å²) >= 11 is 0. The van der Waals surface area contributed by atoms with Gasteiger partial charge in [0.2, 0.25) is 0 Å². The normalized spacial score (nSPS) is 10.7. The molecule has 0 saturated carbocycles. The van der Waals surface area contributed by atoms with Gasteiger partial charge in [0.1, 0.15) is 5.76 Å². The quantitative estimate of drug-likeness (QED) is 0.509. The summed E-state index contributed by atoms with van der Waals surface area (Å²) in [5.74, 6) is 0.612. The summed E-state index contributed by atoms with van der Waals surface area (Å²) < 4.78 is 4.82. The van der Waals surface area contributed by atoms with Crippen molar-refractivity contribution in [2.75, 3.05) is 0 Å². The van der Waals surface area contributed by atoms with Gasteiger partial charge in [-0.15, -0.1) is 5.26 Å². The lowest BCUT2D eigenvalue weighted by Gasteiger charge is -2.05. The van der Waals surface area contributed by atoms with Gasteiger partial charge in [-0.3, -0.25) is 0 Å². The Bertz CT molecular complexity index is 361. The highest BCUT2D eigenvalue weighted by molar-refractivity contribution is 5.63. The van der Waals surface area contributed by atoms with E-state index >= 15 is 0 Å². The van der Waals surface area contributed by atoms with Gasteiger partial charge in [-0.1, -0.05) is 24.3 Å². The van der Waals surface area contributed by atoms with E-state index in [0.29, 0.717) is 5.76 Å². The molecule has 13 heavy (non-hydrogen) atoms. The summed E-state index contributed by atoms with van der Waals surface area (Å²) in [6.07, 6.45) is 3.46. The third-order valence-corrected chi connectivity index (χ3v) is 1.83. The van der Waals surface area contributed by atoms with Crippen molar-refractivity contribution in [1.82, 2.24) is 0 Å². The van der Waals surface area contributed by atoms with E-state index in [9.17, 15) is 0 Å². The summed E-state index contributed by atoms with van der Waals surface area (Å²) in [7, 11) is 0. The number of rotatable bonds is 2. The van der Waals surface area contributed by atoms with Crippen molar-refractivity contribution in [3.8, 4) is 6.26 Å². The van der Waals surface area contributed by atoms with E-state index < -0.39 is 0 Å². The monoisotopic (exact) mass is 173 g/mol. The Hall–Kier alpha value is -1.75. The summed E-state index contributed by atoms with van der Waals surface area (Å²) in [5.41, 5.74) is 2.07. The molecule has 0 bridgehead atoms. The minimum atomic E-state index is 0.612. The standard InChI is InChI=1S/C11H11NO/c1-3-11(13-8-12)10-7-5-4-6-9(10)2/h3-7H,1-2H3/b11-3+. The first-order valence-corrected chi connectivity index (χ1v) is 4.08. The molecule has 2 heteroatoms. The first-order valence-electron chi connectivity index (χ1n) is 4.08. The zero-order chi connectivity index (χ0) is 9.68. The molecule has 2 nitrogen and oxygen atoms in total. The lowest BCUT2D eigenvalue weighted by atomic mass is 10.1. The molecule has 0 N–H and O–H groups in total. The van der Waals surface area contributed by atoms with Gasteiger partial charge < -0.3 is 4.74 Å². The van der Waals surface area contributed by atoms with E-state index in [-0.39, 0.29) is 0 Å². The van der Waals surface area contributed by atoms with Crippen LogP contribution in [-0.4, -0.2) is 0 Å². The van der Waals surface area contributed by atoms with Crippen molar-refractivity contribution >= 4 is 5.76 Å². The molecule has 66 valence electrons. The molecule has 0 aliphatic heterocycles. The van der Waals surface area contributed by atoms with Gasteiger partial charge in [-0.25, -0.2) is 0 Å². The Balaban J connectivity index is 3.07. The number of hydrogen-bond acceptors (Lipinski definition) is 2. The van der Waals surface area contributed by atoms with Crippen LogP contribution in [0.5, 0.6) is 0 Å². The first kappa shape index (κ1) is 9.34. The van der Waals surface area contributed by atoms with Crippen LogP contribution < -0.4 is 0 Å². The highest BCUT2D eigenvalue weighted by atomic mass is 16.5. The maximum Gasteiger partial charge on any atom is 0.292 e. The Morgan fingerprint density at radius 2 is 2.15 bits per heavy atom. The van der Waals surface area contributed by atoms with E-state index in [1.807, 2.05) is 38.1 Å². The molecule has 0 aliphatic carbocycles. The van der Waals surface area contributed by atoms with Crippen LogP contribution in [0, 0.1) is 18.4 Å². The van der Waals surface area contributed by atoms with Crippen molar-refractivity contribution in [3.05, 3.63) is 41.5 Å². The fourth-order valence-corrected chi connectivity index (χ4v) is 1.17. The van der Waals surface area contributed by atoms with Crippen molar-refractivity contribution in [1.29, 1.82) is 5.26 Å². The van der Waals surface area contributed by atoms with Crippen LogP contribution in [0.25, 0.3) is 5.76 Å². The minimum absolute atomic E-state index is 0.612. The van der Waals surface area contributed by atoms with E-state index in [2.05, 4.69) is 0 Å². The highest BCUT2D eigenvalue weighted by Crippen LogP contribution is 2.18. The Kier molecular flexibility index (Phi) is 3.10. The fraction of sp³-hybridized carbons (Fsp3) is 0.182. The van der Waals surface area contributed by atoms with Crippen LogP contribution in [0.3, 0.4) is 0 Å². The van der Waals surface area contributed by atoms with E-state index in [1.165, 1.54) is 0 Å². The fourth-order valence-electron chi connectivity index (χ4n) is 1.17. The van der Waals surface area contributed by atoms with Gasteiger partial charge in [0.15, 0.2) is 0 Å². The number of ether oxygens (including phenoxy) is 1. The average Bonchev–Trinajstić information content (AvgIpc) is 2.16. The molecule has 0 aromatic heterocycles. The number of allylic oxidation sites excluding steroid dienone is 1. The summed E-state index contributed by atoms with van der Waals surface area (Å²) in [4.78, 5) is 0. The summed E-state index contributed by atoms with van der Waals surface area (Å²) in [6, 6.07) is 7.80. The number of benzene rings is 1. The number of nitriles is 1. The van der Waals surface area contributed by atoms with Crippen LogP contribution in [-0.2, 0) is 4.74 Å². The molecule has 1 aromatic carbocycles. The van der Waals surface area contributed by atoms with Gasteiger partial charge in [0.05, 0.1) is 0 Å². The molecule has 0 fully saturated rings. The molecular formula is C11H11NO. The topological polar surface area (TPSA) is 33.0 Å². The molecule has 0 unspecified atom stereocenters. The van der Waals surface area contributed by atoms with E-state index in [1.54, 1.807) is 12.3 Å². The molecule has 1 rings (SSSR count). The van der Waals surface area contributed by atoms with Gasteiger partial charge >= 0.3 is 0 Å². The zero-order valence-electron chi connectivity index (χ0n) is 7.74. The maximum atomic E-state index is 8.41. The number of hydrogen-bond donors (Lipinski definition) is 0. The van der Waals surface area contributed by atoms with Crippen molar-refractivity contribution in [2.45, 2.75) is 13.8 Å². The molecule has 0 saturated heterocycles. The smallest absolute Gasteiger partial charge is 0.292 e. The van der Waals surface area contributed by atoms with Crippen molar-refractivity contribution < 1.29 is 4.74 Å². The number of nitrogens with zero attached hydrogens (tertiary/aromatic N) is 1. The lowest BCUT2D eigenvalue weighted by Crippen LogP contribution is -1.89. The molecule has 0 atom stereocenters. The predicted molar refractivity (Wildman–Crippen MR) is 51.5 cm³/mol. The Morgan fingerprint density at radius 1 is 1.46 bits per heavy atom. The Morgan fingerprint density at radius 3 is 2.69 bits per heavy atom. The van der Waals surface area contributed by atoms with Crippen molar-refractivity contribution in [2.24, 2.45) is 0 Å². The van der Waals surface area contributed by atoms with Gasteiger partial charge in [0, 0.05) is 5.56 Å². The molecule has 0 radical (unpaired) electrons. The summed E-state index contributed by atoms with van der Waals surface area (Å²) in [5, 5.41) is 8.41. The Labute approximate surface area is 78.1 Å². The van der Waals surface area contributed by atoms with Gasteiger partial charge in [0.25, 0.3) is 6.26 Å². The lowest BCUT2D eigenvalue weighted by molar-refractivity contribution is 0.462. The second-order valence-electron chi connectivity index (χ2n) is 2.66. The summed E-state index contributed by atoms with van der Waals surface area (Å²) in [6.45, 7) is 3.83. The molecule has 0 heterocycles. The molecule has 0 spiro atoms. The third kappa shape index (κ3) is 2.09. The molecular weight excluding hydrogens is 162 g/mol. The van der Waals surface area contributed by atoms with Crippen LogP contribution in [0.1, 0.15) is 18.1 Å². The van der Waals surface area contributed by atoms with Crippen molar-refractivity contribution in [3.63, 3.8) is 0 Å². The number of aryl methyl sites for hydroxylation is 1. The van der Waals surface area contributed by atoms with E-state index in [4.69, 9.17) is 10.00 Å². The van der Waals surface area contributed by atoms with Crippen LogP contribution in [0.4, 0.5) is 0 Å². The second kappa shape index (κ2) is 4.32. The average molecular weight is 173 g/mol. The van der Waals surface area contributed by atoms with Crippen LogP contribution >= 0.6 is 0 Å². The van der Waals surface area contributed by atoms with Gasteiger partial charge in [-0.05, 0) is 25.5 Å². The largest absolute Gasteiger partial charge is 0.388 e. The van der Waals surface area contributed by atoms with Gasteiger partial charge in [-0.2, -0.15) is 0 Å². The van der Waals surface area contributed by atoms with E-state index in [0.717, 1.165) is 11.1 Å². The molecule has 1 aromatic rings. The van der Waals surface area contributed by atoms with Crippen LogP contribution in [0.2, 0.25) is 0 Å². The predicted octanol–water partition coefficient (Wildman–Crippen LogP) is 2.85. The SMILES string of the molecule is C/C=C(/OC#N)c1ccccc1C. The molecule has 0 aliphatic rings. The highest BCUT2D eigenvalue weighted by Gasteiger charge is 2.03. The second-order valence-corrected chi connectivity index (χ2v) is 2.66. The van der Waals surface area contributed by atoms with Crippen LogP contribution in [0.15, 0.2) is 30.3 Å².